The predicted octanol–water partition coefficient (Wildman–Crippen LogP) is 4.83. The number of rotatable bonds is 6. The predicted molar refractivity (Wildman–Crippen MR) is 123 cm³/mol. The van der Waals surface area contributed by atoms with E-state index in [4.69, 9.17) is 32.7 Å². The Hall–Kier alpha value is -2.22. The van der Waals surface area contributed by atoms with Crippen LogP contribution in [0.2, 0.25) is 10.0 Å². The van der Waals surface area contributed by atoms with Crippen molar-refractivity contribution in [3.05, 3.63) is 45.7 Å². The second kappa shape index (κ2) is 9.33. The highest BCUT2D eigenvalue weighted by atomic mass is 35.5. The van der Waals surface area contributed by atoms with Crippen LogP contribution in [-0.2, 0) is 11.2 Å². The number of hydrogen-bond acceptors (Lipinski definition) is 5. The van der Waals surface area contributed by atoms with Crippen molar-refractivity contribution in [3.63, 3.8) is 0 Å². The molecule has 9 heteroatoms. The Bertz CT molecular complexity index is 1030. The highest BCUT2D eigenvalue weighted by Crippen LogP contribution is 2.38. The van der Waals surface area contributed by atoms with Crippen molar-refractivity contribution in [1.29, 1.82) is 0 Å². The fourth-order valence-electron chi connectivity index (χ4n) is 4.11. The molecule has 0 radical (unpaired) electrons. The van der Waals surface area contributed by atoms with E-state index in [0.717, 1.165) is 5.56 Å². The number of anilines is 2. The summed E-state index contributed by atoms with van der Waals surface area (Å²) in [5.74, 6) is 0.541. The standard InChI is InChI=1S/C23H25Cl2FN2O4/c1-2-31-20-12-18(17(26)11-16(20)25)28-9-7-23(30,8-10-28)13-32-19-5-4-15(24)22-14(19)3-6-21(29)27-22/h4-5,11-12,30H,2-3,6-10,13H2,1H3,(H,27,29). The molecule has 1 fully saturated rings. The highest BCUT2D eigenvalue weighted by Gasteiger charge is 2.35. The Balaban J connectivity index is 1.42. The molecule has 0 atom stereocenters. The molecule has 0 aliphatic carbocycles. The minimum Gasteiger partial charge on any atom is -0.492 e. The lowest BCUT2D eigenvalue weighted by Gasteiger charge is -2.39. The van der Waals surface area contributed by atoms with Crippen molar-refractivity contribution in [2.24, 2.45) is 0 Å². The zero-order valence-corrected chi connectivity index (χ0v) is 19.2. The molecule has 6 nitrogen and oxygen atoms in total. The topological polar surface area (TPSA) is 71.0 Å². The van der Waals surface area contributed by atoms with E-state index in [1.807, 2.05) is 11.8 Å². The number of ether oxygens (including phenoxy) is 2. The first kappa shape index (κ1) is 23.0. The molecule has 1 saturated heterocycles. The number of nitrogens with zero attached hydrogens (tertiary/aromatic N) is 1. The van der Waals surface area contributed by atoms with Gasteiger partial charge in [-0.25, -0.2) is 4.39 Å². The zero-order chi connectivity index (χ0) is 22.9. The largest absolute Gasteiger partial charge is 0.492 e. The van der Waals surface area contributed by atoms with E-state index >= 15 is 0 Å². The Labute approximate surface area is 196 Å². The summed E-state index contributed by atoms with van der Waals surface area (Å²) in [6.07, 6.45) is 1.71. The summed E-state index contributed by atoms with van der Waals surface area (Å²) in [7, 11) is 0. The highest BCUT2D eigenvalue weighted by molar-refractivity contribution is 6.34. The number of benzene rings is 2. The Morgan fingerprint density at radius 1 is 1.12 bits per heavy atom. The number of nitrogens with one attached hydrogen (secondary N) is 1. The van der Waals surface area contributed by atoms with Gasteiger partial charge in [-0.2, -0.15) is 0 Å². The summed E-state index contributed by atoms with van der Waals surface area (Å²) in [6.45, 7) is 3.28. The molecule has 2 aliphatic rings. The van der Waals surface area contributed by atoms with E-state index in [1.165, 1.54) is 6.07 Å². The van der Waals surface area contributed by atoms with Crippen molar-refractivity contribution < 1.29 is 23.8 Å². The van der Waals surface area contributed by atoms with Gasteiger partial charge in [0.05, 0.1) is 28.0 Å². The summed E-state index contributed by atoms with van der Waals surface area (Å²) in [5, 5.41) is 14.5. The normalized spacial score (nSPS) is 17.5. The monoisotopic (exact) mass is 482 g/mol. The number of fused-ring (bicyclic) bond motifs is 1. The number of carbonyl (C=O) groups is 1. The van der Waals surface area contributed by atoms with E-state index in [-0.39, 0.29) is 17.5 Å². The number of hydrogen-bond donors (Lipinski definition) is 2. The first-order valence-electron chi connectivity index (χ1n) is 10.6. The Morgan fingerprint density at radius 3 is 2.59 bits per heavy atom. The second-order valence-electron chi connectivity index (χ2n) is 8.11. The van der Waals surface area contributed by atoms with E-state index < -0.39 is 11.4 Å². The average Bonchev–Trinajstić information content (AvgIpc) is 2.76. The summed E-state index contributed by atoms with van der Waals surface area (Å²) in [5.41, 5.74) is 0.769. The fraction of sp³-hybridized carbons (Fsp3) is 0.435. The van der Waals surface area contributed by atoms with Gasteiger partial charge in [0.25, 0.3) is 0 Å². The minimum atomic E-state index is -1.05. The number of aliphatic hydroxyl groups is 1. The zero-order valence-electron chi connectivity index (χ0n) is 17.7. The van der Waals surface area contributed by atoms with Crippen molar-refractivity contribution in [2.75, 3.05) is 36.5 Å². The first-order valence-corrected chi connectivity index (χ1v) is 11.4. The molecular formula is C23H25Cl2FN2O4. The van der Waals surface area contributed by atoms with Crippen molar-refractivity contribution in [1.82, 2.24) is 0 Å². The third-order valence-corrected chi connectivity index (χ3v) is 6.53. The van der Waals surface area contributed by atoms with Gasteiger partial charge in [-0.1, -0.05) is 23.2 Å². The Kier molecular flexibility index (Phi) is 6.70. The van der Waals surface area contributed by atoms with Crippen molar-refractivity contribution in [2.45, 2.75) is 38.2 Å². The fourth-order valence-corrected chi connectivity index (χ4v) is 4.54. The molecule has 0 bridgehead atoms. The van der Waals surface area contributed by atoms with Gasteiger partial charge in [0.2, 0.25) is 5.91 Å². The smallest absolute Gasteiger partial charge is 0.224 e. The molecule has 2 N–H and O–H groups in total. The summed E-state index contributed by atoms with van der Waals surface area (Å²) in [4.78, 5) is 13.6. The number of carbonyl (C=O) groups excluding carboxylic acids is 1. The third kappa shape index (κ3) is 4.75. The summed E-state index contributed by atoms with van der Waals surface area (Å²) >= 11 is 12.3. The van der Waals surface area contributed by atoms with E-state index in [0.29, 0.717) is 73.3 Å². The van der Waals surface area contributed by atoms with Crippen LogP contribution in [0, 0.1) is 5.82 Å². The van der Waals surface area contributed by atoms with Crippen LogP contribution in [-0.4, -0.2) is 42.9 Å². The second-order valence-corrected chi connectivity index (χ2v) is 8.93. The lowest BCUT2D eigenvalue weighted by atomic mass is 9.92. The first-order chi connectivity index (χ1) is 15.3. The summed E-state index contributed by atoms with van der Waals surface area (Å²) < 4.78 is 26.0. The van der Waals surface area contributed by atoms with Crippen molar-refractivity contribution >= 4 is 40.5 Å². The lowest BCUT2D eigenvalue weighted by molar-refractivity contribution is -0.116. The van der Waals surface area contributed by atoms with E-state index in [2.05, 4.69) is 5.32 Å². The molecule has 2 heterocycles. The maximum absolute atomic E-state index is 14.5. The molecule has 1 amide bonds. The van der Waals surface area contributed by atoms with Crippen LogP contribution < -0.4 is 19.7 Å². The minimum absolute atomic E-state index is 0.0792. The van der Waals surface area contributed by atoms with Gasteiger partial charge in [0, 0.05) is 31.1 Å². The molecule has 4 rings (SSSR count). The maximum atomic E-state index is 14.5. The van der Waals surface area contributed by atoms with Gasteiger partial charge < -0.3 is 24.8 Å². The Morgan fingerprint density at radius 2 is 1.88 bits per heavy atom. The SMILES string of the molecule is CCOc1cc(N2CCC(O)(COc3ccc(Cl)c4c3CCC(=O)N4)CC2)c(F)cc1Cl. The van der Waals surface area contributed by atoms with E-state index in [9.17, 15) is 14.3 Å². The van der Waals surface area contributed by atoms with Gasteiger partial charge in [0.1, 0.15) is 29.5 Å². The molecule has 0 unspecified atom stereocenters. The molecule has 0 saturated carbocycles. The van der Waals surface area contributed by atoms with Crippen LogP contribution in [0.15, 0.2) is 24.3 Å². The number of amides is 1. The molecule has 0 spiro atoms. The molecule has 2 aliphatic heterocycles. The molecule has 0 aromatic heterocycles. The molecular weight excluding hydrogens is 458 g/mol. The van der Waals surface area contributed by atoms with Crippen LogP contribution in [0.3, 0.4) is 0 Å². The number of halogens is 3. The molecule has 172 valence electrons. The van der Waals surface area contributed by atoms with E-state index in [1.54, 1.807) is 18.2 Å². The van der Waals surface area contributed by atoms with Crippen LogP contribution >= 0.6 is 23.2 Å². The van der Waals surface area contributed by atoms with Crippen LogP contribution in [0.1, 0.15) is 31.7 Å². The van der Waals surface area contributed by atoms with Gasteiger partial charge in [-0.05, 0) is 44.4 Å². The van der Waals surface area contributed by atoms with Crippen molar-refractivity contribution in [3.8, 4) is 11.5 Å². The molecule has 2 aromatic rings. The number of piperidine rings is 1. The maximum Gasteiger partial charge on any atom is 0.224 e. The molecule has 2 aromatic carbocycles. The summed E-state index contributed by atoms with van der Waals surface area (Å²) in [6, 6.07) is 6.30. The van der Waals surface area contributed by atoms with Crippen LogP contribution in [0.5, 0.6) is 11.5 Å². The molecule has 32 heavy (non-hydrogen) atoms. The van der Waals surface area contributed by atoms with Gasteiger partial charge in [-0.3, -0.25) is 4.79 Å². The lowest BCUT2D eigenvalue weighted by Crippen LogP contribution is -2.48. The van der Waals surface area contributed by atoms with Gasteiger partial charge in [-0.15, -0.1) is 0 Å². The van der Waals surface area contributed by atoms with Gasteiger partial charge >= 0.3 is 0 Å². The van der Waals surface area contributed by atoms with Gasteiger partial charge in [0.15, 0.2) is 0 Å². The quantitative estimate of drug-likeness (QED) is 0.616. The average molecular weight is 483 g/mol. The van der Waals surface area contributed by atoms with Crippen LogP contribution in [0.4, 0.5) is 15.8 Å². The third-order valence-electron chi connectivity index (χ3n) is 5.92. The van der Waals surface area contributed by atoms with Crippen LogP contribution in [0.25, 0.3) is 0 Å².